The van der Waals surface area contributed by atoms with Crippen molar-refractivity contribution in [3.63, 3.8) is 0 Å². The third kappa shape index (κ3) is 2.81. The fourth-order valence-electron chi connectivity index (χ4n) is 0.927. The maximum absolute atomic E-state index is 9.19. The molecule has 0 aliphatic heterocycles. The lowest BCUT2D eigenvalue weighted by molar-refractivity contribution is 0.312. The Kier molecular flexibility index (Phi) is 3.89. The molecule has 0 saturated carbocycles. The molecule has 0 heterocycles. The summed E-state index contributed by atoms with van der Waals surface area (Å²) in [5, 5.41) is 9.93. The second-order valence-electron chi connectivity index (χ2n) is 2.37. The summed E-state index contributed by atoms with van der Waals surface area (Å²) in [5.74, 6) is 1.35. The largest absolute Gasteiger partial charge is 0.508 e. The van der Waals surface area contributed by atoms with Crippen LogP contribution in [0.4, 0.5) is 0 Å². The second kappa shape index (κ2) is 4.97. The van der Waals surface area contributed by atoms with Gasteiger partial charge in [0.25, 0.3) is 0 Å². The Balaban J connectivity index is 2.81. The van der Waals surface area contributed by atoms with Gasteiger partial charge in [0, 0.05) is 11.4 Å². The van der Waals surface area contributed by atoms with Gasteiger partial charge in [0.2, 0.25) is 0 Å². The van der Waals surface area contributed by atoms with E-state index < -0.39 is 0 Å². The fourth-order valence-corrected chi connectivity index (χ4v) is 1.09. The lowest BCUT2D eigenvalue weighted by Gasteiger charge is -2.09. The van der Waals surface area contributed by atoms with Gasteiger partial charge in [0.15, 0.2) is 11.5 Å². The minimum atomic E-state index is 0.172. The lowest BCUT2D eigenvalue weighted by atomic mass is 10.3. The van der Waals surface area contributed by atoms with Gasteiger partial charge in [-0.3, -0.25) is 0 Å². The van der Waals surface area contributed by atoms with Crippen molar-refractivity contribution in [1.82, 2.24) is 0 Å². The van der Waals surface area contributed by atoms with E-state index in [4.69, 9.17) is 9.47 Å². The summed E-state index contributed by atoms with van der Waals surface area (Å²) in [6.07, 6.45) is 0. The van der Waals surface area contributed by atoms with Crippen LogP contribution < -0.4 is 9.47 Å². The van der Waals surface area contributed by atoms with Gasteiger partial charge in [-0.15, -0.1) is 0 Å². The van der Waals surface area contributed by atoms with Gasteiger partial charge in [0.1, 0.15) is 5.75 Å². The first-order valence-electron chi connectivity index (χ1n) is 3.83. The highest BCUT2D eigenvalue weighted by Crippen LogP contribution is 2.30. The summed E-state index contributed by atoms with van der Waals surface area (Å²) in [4.78, 5) is 0. The molecule has 0 saturated heterocycles. The highest BCUT2D eigenvalue weighted by atomic mass is 79.9. The number of phenols is 1. The van der Waals surface area contributed by atoms with Gasteiger partial charge in [-0.25, -0.2) is 0 Å². The lowest BCUT2D eigenvalue weighted by Crippen LogP contribution is -1.99. The van der Waals surface area contributed by atoms with Gasteiger partial charge >= 0.3 is 0 Å². The normalized spacial score (nSPS) is 9.69. The number of ether oxygens (including phenoxy) is 2. The monoisotopic (exact) mass is 246 g/mol. The van der Waals surface area contributed by atoms with Crippen molar-refractivity contribution < 1.29 is 14.6 Å². The number of methoxy groups -OCH3 is 1. The summed E-state index contributed by atoms with van der Waals surface area (Å²) in [6.45, 7) is 0.541. The molecular weight excluding hydrogens is 236 g/mol. The summed E-state index contributed by atoms with van der Waals surface area (Å²) in [6, 6.07) is 4.75. The van der Waals surface area contributed by atoms with Crippen LogP contribution >= 0.6 is 15.9 Å². The predicted octanol–water partition coefficient (Wildman–Crippen LogP) is 2.17. The van der Waals surface area contributed by atoms with E-state index in [1.807, 2.05) is 0 Å². The Morgan fingerprint density at radius 2 is 2.15 bits per heavy atom. The number of phenolic OH excluding ortho intramolecular Hbond substituents is 1. The smallest absolute Gasteiger partial charge is 0.164 e. The van der Waals surface area contributed by atoms with Crippen molar-refractivity contribution in [3.05, 3.63) is 18.2 Å². The van der Waals surface area contributed by atoms with Crippen molar-refractivity contribution in [3.8, 4) is 17.2 Å². The van der Waals surface area contributed by atoms with Crippen LogP contribution in [0.15, 0.2) is 18.2 Å². The van der Waals surface area contributed by atoms with Gasteiger partial charge in [-0.05, 0) is 12.1 Å². The van der Waals surface area contributed by atoms with Crippen LogP contribution in [0.2, 0.25) is 0 Å². The molecule has 4 heteroatoms. The molecule has 0 aliphatic carbocycles. The number of rotatable bonds is 4. The van der Waals surface area contributed by atoms with E-state index in [0.29, 0.717) is 18.1 Å². The van der Waals surface area contributed by atoms with Crippen LogP contribution in [0.3, 0.4) is 0 Å². The number of hydrogen-bond donors (Lipinski definition) is 1. The summed E-state index contributed by atoms with van der Waals surface area (Å²) in [7, 11) is 1.56. The van der Waals surface area contributed by atoms with E-state index in [-0.39, 0.29) is 5.75 Å². The topological polar surface area (TPSA) is 38.7 Å². The highest BCUT2D eigenvalue weighted by Gasteiger charge is 2.04. The molecule has 0 aromatic heterocycles. The quantitative estimate of drug-likeness (QED) is 0.828. The van der Waals surface area contributed by atoms with Crippen molar-refractivity contribution in [2.45, 2.75) is 0 Å². The molecule has 1 rings (SSSR count). The summed E-state index contributed by atoms with van der Waals surface area (Å²) >= 11 is 3.24. The number of benzene rings is 1. The average molecular weight is 247 g/mol. The Labute approximate surface area is 85.4 Å². The van der Waals surface area contributed by atoms with Crippen LogP contribution in [0.5, 0.6) is 17.2 Å². The first-order chi connectivity index (χ1) is 6.27. The maximum Gasteiger partial charge on any atom is 0.164 e. The second-order valence-corrected chi connectivity index (χ2v) is 3.17. The third-order valence-corrected chi connectivity index (χ3v) is 1.81. The molecule has 13 heavy (non-hydrogen) atoms. The van der Waals surface area contributed by atoms with Crippen LogP contribution in [0, 0.1) is 0 Å². The molecular formula is C9H11BrO3. The van der Waals surface area contributed by atoms with E-state index >= 15 is 0 Å². The molecule has 0 radical (unpaired) electrons. The van der Waals surface area contributed by atoms with Gasteiger partial charge < -0.3 is 14.6 Å². The standard InChI is InChI=1S/C9H11BrO3/c1-12-8-3-2-7(11)6-9(8)13-5-4-10/h2-3,6,11H,4-5H2,1H3. The van der Waals surface area contributed by atoms with Crippen LogP contribution in [0.1, 0.15) is 0 Å². The number of aromatic hydroxyl groups is 1. The van der Waals surface area contributed by atoms with Crippen molar-refractivity contribution in [2.75, 3.05) is 19.0 Å². The Hall–Kier alpha value is -0.900. The zero-order chi connectivity index (χ0) is 9.68. The first kappa shape index (κ1) is 10.2. The van der Waals surface area contributed by atoms with Crippen LogP contribution in [-0.2, 0) is 0 Å². The first-order valence-corrected chi connectivity index (χ1v) is 4.96. The van der Waals surface area contributed by atoms with Crippen molar-refractivity contribution >= 4 is 15.9 Å². The van der Waals surface area contributed by atoms with Crippen LogP contribution in [0.25, 0.3) is 0 Å². The fraction of sp³-hybridized carbons (Fsp3) is 0.333. The molecule has 0 amide bonds. The molecule has 1 N–H and O–H groups in total. The van der Waals surface area contributed by atoms with E-state index in [0.717, 1.165) is 5.33 Å². The van der Waals surface area contributed by atoms with Crippen molar-refractivity contribution in [2.24, 2.45) is 0 Å². The Bertz CT molecular complexity index is 276. The van der Waals surface area contributed by atoms with E-state index in [1.165, 1.54) is 6.07 Å². The predicted molar refractivity (Wildman–Crippen MR) is 53.9 cm³/mol. The molecule has 0 atom stereocenters. The molecule has 3 nitrogen and oxygen atoms in total. The Morgan fingerprint density at radius 3 is 2.77 bits per heavy atom. The molecule has 0 fully saturated rings. The molecule has 0 unspecified atom stereocenters. The van der Waals surface area contributed by atoms with E-state index in [2.05, 4.69) is 15.9 Å². The molecule has 0 aliphatic rings. The zero-order valence-electron chi connectivity index (χ0n) is 7.29. The zero-order valence-corrected chi connectivity index (χ0v) is 8.87. The molecule has 1 aromatic rings. The average Bonchev–Trinajstić information content (AvgIpc) is 2.15. The summed E-state index contributed by atoms with van der Waals surface area (Å²) < 4.78 is 10.4. The highest BCUT2D eigenvalue weighted by molar-refractivity contribution is 9.09. The summed E-state index contributed by atoms with van der Waals surface area (Å²) in [5.41, 5.74) is 0. The SMILES string of the molecule is COc1ccc(O)cc1OCCBr. The third-order valence-electron chi connectivity index (χ3n) is 1.48. The number of hydrogen-bond acceptors (Lipinski definition) is 3. The van der Waals surface area contributed by atoms with Crippen LogP contribution in [-0.4, -0.2) is 24.2 Å². The molecule has 0 bridgehead atoms. The number of halogens is 1. The van der Waals surface area contributed by atoms with Gasteiger partial charge in [-0.1, -0.05) is 15.9 Å². The molecule has 1 aromatic carbocycles. The van der Waals surface area contributed by atoms with Crippen molar-refractivity contribution in [1.29, 1.82) is 0 Å². The minimum Gasteiger partial charge on any atom is -0.508 e. The van der Waals surface area contributed by atoms with Gasteiger partial charge in [0.05, 0.1) is 13.7 Å². The molecule has 72 valence electrons. The van der Waals surface area contributed by atoms with E-state index in [9.17, 15) is 5.11 Å². The maximum atomic E-state index is 9.19. The number of alkyl halides is 1. The van der Waals surface area contributed by atoms with E-state index in [1.54, 1.807) is 19.2 Å². The minimum absolute atomic E-state index is 0.172. The van der Waals surface area contributed by atoms with Gasteiger partial charge in [-0.2, -0.15) is 0 Å². The molecule has 0 spiro atoms. The Morgan fingerprint density at radius 1 is 1.38 bits per heavy atom.